The van der Waals surface area contributed by atoms with Crippen molar-refractivity contribution in [1.82, 2.24) is 5.32 Å². The Bertz CT molecular complexity index is 524. The summed E-state index contributed by atoms with van der Waals surface area (Å²) in [5, 5.41) is 3.48. The highest BCUT2D eigenvalue weighted by atomic mass is 19.4. The van der Waals surface area contributed by atoms with Crippen LogP contribution in [-0.2, 0) is 14.2 Å². The molecule has 7 heteroatoms. The fourth-order valence-corrected chi connectivity index (χ4v) is 3.31. The largest absolute Gasteiger partial charge is 0.573 e. The summed E-state index contributed by atoms with van der Waals surface area (Å²) in [6, 6.07) is 0.381. The van der Waals surface area contributed by atoms with Gasteiger partial charge in [0.05, 0.1) is 13.2 Å². The van der Waals surface area contributed by atoms with E-state index in [2.05, 4.69) is 10.1 Å². The molecule has 1 N–H and O–H groups in total. The van der Waals surface area contributed by atoms with E-state index in [0.29, 0.717) is 32.2 Å². The first kappa shape index (κ1) is 17.5. The van der Waals surface area contributed by atoms with Crippen LogP contribution in [0.3, 0.4) is 0 Å². The molecule has 1 heterocycles. The average molecular weight is 345 g/mol. The predicted octanol–water partition coefficient (Wildman–Crippen LogP) is 3.57. The Kier molecular flexibility index (Phi) is 5.32. The van der Waals surface area contributed by atoms with Crippen LogP contribution in [0.5, 0.6) is 0 Å². The van der Waals surface area contributed by atoms with Gasteiger partial charge in [-0.15, -0.1) is 13.2 Å². The Labute approximate surface area is 139 Å². The molecule has 24 heavy (non-hydrogen) atoms. The minimum atomic E-state index is -4.65. The number of nitrogens with one attached hydrogen (secondary N) is 1. The van der Waals surface area contributed by atoms with Gasteiger partial charge < -0.3 is 19.5 Å². The highest BCUT2D eigenvalue weighted by Crippen LogP contribution is 2.35. The Morgan fingerprint density at radius 1 is 1.21 bits per heavy atom. The molecule has 0 unspecified atom stereocenters. The van der Waals surface area contributed by atoms with Crippen molar-refractivity contribution in [1.29, 1.82) is 0 Å². The van der Waals surface area contributed by atoms with E-state index < -0.39 is 6.36 Å². The zero-order chi connectivity index (χ0) is 17.0. The molecule has 0 aromatic heterocycles. The minimum absolute atomic E-state index is 0.163. The van der Waals surface area contributed by atoms with E-state index in [4.69, 9.17) is 9.47 Å². The monoisotopic (exact) mass is 345 g/mol. The summed E-state index contributed by atoms with van der Waals surface area (Å²) in [5.74, 6) is -0.529. The smallest absolute Gasteiger partial charge is 0.406 e. The molecule has 0 aromatic carbocycles. The first-order valence-electron chi connectivity index (χ1n) is 8.27. The van der Waals surface area contributed by atoms with Crippen LogP contribution in [-0.4, -0.2) is 37.9 Å². The number of halogens is 3. The zero-order valence-electron chi connectivity index (χ0n) is 13.4. The van der Waals surface area contributed by atoms with Gasteiger partial charge in [0.2, 0.25) is 0 Å². The van der Waals surface area contributed by atoms with Gasteiger partial charge in [-0.05, 0) is 31.4 Å². The normalized spacial score (nSPS) is 24.6. The number of alkyl halides is 3. The number of ether oxygens (including phenoxy) is 3. The SMILES string of the molecule is FC(F)(F)OC1=CCC(CNC2CCC3(CC2)OCCO3)=CC=C1. The molecule has 2 fully saturated rings. The molecule has 1 spiro atoms. The van der Waals surface area contributed by atoms with Gasteiger partial charge in [0.25, 0.3) is 0 Å². The Hall–Kier alpha value is -1.31. The summed E-state index contributed by atoms with van der Waals surface area (Å²) in [6.45, 7) is 2.00. The molecule has 0 aromatic rings. The van der Waals surface area contributed by atoms with E-state index in [1.807, 2.05) is 6.08 Å². The number of hydrogen-bond donors (Lipinski definition) is 1. The summed E-state index contributed by atoms with van der Waals surface area (Å²) < 4.78 is 52.1. The number of rotatable bonds is 4. The second-order valence-corrected chi connectivity index (χ2v) is 6.31. The Morgan fingerprint density at radius 3 is 2.58 bits per heavy atom. The third-order valence-corrected chi connectivity index (χ3v) is 4.57. The summed E-state index contributed by atoms with van der Waals surface area (Å²) in [5.41, 5.74) is 1.03. The molecular weight excluding hydrogens is 323 g/mol. The van der Waals surface area contributed by atoms with E-state index >= 15 is 0 Å². The maximum absolute atomic E-state index is 12.2. The Morgan fingerprint density at radius 2 is 1.92 bits per heavy atom. The quantitative estimate of drug-likeness (QED) is 0.846. The van der Waals surface area contributed by atoms with Crippen molar-refractivity contribution in [3.8, 4) is 0 Å². The van der Waals surface area contributed by atoms with Gasteiger partial charge in [-0.25, -0.2) is 0 Å². The third-order valence-electron chi connectivity index (χ3n) is 4.57. The van der Waals surface area contributed by atoms with E-state index in [9.17, 15) is 13.2 Å². The molecule has 1 saturated carbocycles. The minimum Gasteiger partial charge on any atom is -0.406 e. The number of allylic oxidation sites excluding steroid dienone is 4. The summed E-state index contributed by atoms with van der Waals surface area (Å²) in [4.78, 5) is 0. The van der Waals surface area contributed by atoms with Crippen LogP contribution in [0.1, 0.15) is 32.1 Å². The molecule has 4 nitrogen and oxygen atoms in total. The lowest BCUT2D eigenvalue weighted by molar-refractivity contribution is -0.303. The average Bonchev–Trinajstić information content (AvgIpc) is 2.86. The van der Waals surface area contributed by atoms with Crippen molar-refractivity contribution in [3.05, 3.63) is 35.6 Å². The molecule has 3 aliphatic rings. The highest BCUT2D eigenvalue weighted by molar-refractivity contribution is 5.27. The zero-order valence-corrected chi connectivity index (χ0v) is 13.4. The van der Waals surface area contributed by atoms with Crippen molar-refractivity contribution in [2.24, 2.45) is 0 Å². The van der Waals surface area contributed by atoms with Crippen LogP contribution in [0.25, 0.3) is 0 Å². The lowest BCUT2D eigenvalue weighted by Crippen LogP contribution is -2.42. The molecule has 0 bridgehead atoms. The van der Waals surface area contributed by atoms with Crippen molar-refractivity contribution < 1.29 is 27.4 Å². The third kappa shape index (κ3) is 4.84. The number of hydrogen-bond acceptors (Lipinski definition) is 4. The van der Waals surface area contributed by atoms with Gasteiger partial charge in [0.1, 0.15) is 5.76 Å². The van der Waals surface area contributed by atoms with Gasteiger partial charge in [0, 0.05) is 25.4 Å². The summed E-state index contributed by atoms with van der Waals surface area (Å²) in [7, 11) is 0. The van der Waals surface area contributed by atoms with Crippen molar-refractivity contribution in [2.75, 3.05) is 19.8 Å². The van der Waals surface area contributed by atoms with Crippen LogP contribution in [0, 0.1) is 0 Å². The molecule has 0 atom stereocenters. The van der Waals surface area contributed by atoms with Crippen LogP contribution in [0.2, 0.25) is 0 Å². The molecule has 1 aliphatic heterocycles. The van der Waals surface area contributed by atoms with Crippen molar-refractivity contribution in [3.63, 3.8) is 0 Å². The second kappa shape index (κ2) is 7.29. The van der Waals surface area contributed by atoms with Crippen LogP contribution >= 0.6 is 0 Å². The van der Waals surface area contributed by atoms with Crippen molar-refractivity contribution >= 4 is 0 Å². The molecule has 2 aliphatic carbocycles. The van der Waals surface area contributed by atoms with Gasteiger partial charge in [-0.2, -0.15) is 0 Å². The van der Waals surface area contributed by atoms with Crippen LogP contribution in [0.4, 0.5) is 13.2 Å². The maximum atomic E-state index is 12.2. The molecule has 0 radical (unpaired) electrons. The predicted molar refractivity (Wildman–Crippen MR) is 82.0 cm³/mol. The van der Waals surface area contributed by atoms with Crippen LogP contribution < -0.4 is 5.32 Å². The van der Waals surface area contributed by atoms with Gasteiger partial charge in [0.15, 0.2) is 5.79 Å². The van der Waals surface area contributed by atoms with E-state index in [0.717, 1.165) is 31.3 Å². The fraction of sp³-hybridized carbons (Fsp3) is 0.647. The maximum Gasteiger partial charge on any atom is 0.573 e. The summed E-state index contributed by atoms with van der Waals surface area (Å²) >= 11 is 0. The lowest BCUT2D eigenvalue weighted by Gasteiger charge is -2.35. The van der Waals surface area contributed by atoms with E-state index in [-0.39, 0.29) is 11.5 Å². The molecule has 134 valence electrons. The fourth-order valence-electron chi connectivity index (χ4n) is 3.31. The van der Waals surface area contributed by atoms with E-state index in [1.165, 1.54) is 12.2 Å². The lowest BCUT2D eigenvalue weighted by atomic mass is 9.90. The molecule has 0 amide bonds. The Balaban J connectivity index is 1.43. The van der Waals surface area contributed by atoms with Gasteiger partial charge in [-0.3, -0.25) is 0 Å². The highest BCUT2D eigenvalue weighted by Gasteiger charge is 2.40. The first-order chi connectivity index (χ1) is 11.4. The van der Waals surface area contributed by atoms with Crippen LogP contribution in [0.15, 0.2) is 35.6 Å². The molecule has 3 rings (SSSR count). The van der Waals surface area contributed by atoms with E-state index in [1.54, 1.807) is 6.08 Å². The molecule has 1 saturated heterocycles. The second-order valence-electron chi connectivity index (χ2n) is 6.31. The van der Waals surface area contributed by atoms with Gasteiger partial charge >= 0.3 is 6.36 Å². The topological polar surface area (TPSA) is 39.7 Å². The molecular formula is C17H22F3NO3. The first-order valence-corrected chi connectivity index (χ1v) is 8.27. The van der Waals surface area contributed by atoms with Gasteiger partial charge in [-0.1, -0.05) is 17.7 Å². The summed E-state index contributed by atoms with van der Waals surface area (Å²) in [6.07, 6.45) is 5.72. The standard InChI is InChI=1S/C17H22F3NO3/c18-17(19,20)24-15-3-1-2-13(4-5-15)12-21-14-6-8-16(9-7-14)22-10-11-23-16/h1-3,5,14,21H,4,6-12H2. The van der Waals surface area contributed by atoms with Crippen molar-refractivity contribution in [2.45, 2.75) is 50.3 Å².